The van der Waals surface area contributed by atoms with Crippen LogP contribution < -0.4 is 4.72 Å². The van der Waals surface area contributed by atoms with Crippen LogP contribution in [0.2, 0.25) is 0 Å². The first-order valence-corrected chi connectivity index (χ1v) is 7.34. The summed E-state index contributed by atoms with van der Waals surface area (Å²) in [6.45, 7) is 2.67. The highest BCUT2D eigenvalue weighted by molar-refractivity contribution is 7.89. The number of nitrogens with one attached hydrogen (secondary N) is 1. The first-order chi connectivity index (χ1) is 8.62. The van der Waals surface area contributed by atoms with Gasteiger partial charge < -0.3 is 4.74 Å². The Morgan fingerprint density at radius 1 is 1.39 bits per heavy atom. The zero-order chi connectivity index (χ0) is 13.0. The third-order valence-corrected chi connectivity index (χ3v) is 4.12. The molecule has 98 valence electrons. The molecule has 2 rings (SSSR count). The third kappa shape index (κ3) is 3.08. The summed E-state index contributed by atoms with van der Waals surface area (Å²) in [5.74, 6) is 0.460. The zero-order valence-corrected chi connectivity index (χ0v) is 11.0. The SMILES string of the molecule is CCC1COC(CNS(=O)(=O)c2ccccc2)=N1. The van der Waals surface area contributed by atoms with Gasteiger partial charge in [0.1, 0.15) is 6.61 Å². The molecule has 0 saturated heterocycles. The second-order valence-electron chi connectivity index (χ2n) is 4.03. The number of hydrogen-bond donors (Lipinski definition) is 1. The lowest BCUT2D eigenvalue weighted by Crippen LogP contribution is -2.29. The van der Waals surface area contributed by atoms with Gasteiger partial charge in [-0.3, -0.25) is 0 Å². The van der Waals surface area contributed by atoms with Crippen LogP contribution in [0.3, 0.4) is 0 Å². The van der Waals surface area contributed by atoms with Gasteiger partial charge in [-0.25, -0.2) is 18.1 Å². The van der Waals surface area contributed by atoms with Gasteiger partial charge in [-0.05, 0) is 18.6 Å². The molecule has 6 heteroatoms. The van der Waals surface area contributed by atoms with Crippen LogP contribution in [-0.4, -0.2) is 33.5 Å². The van der Waals surface area contributed by atoms with Gasteiger partial charge in [-0.15, -0.1) is 0 Å². The molecular formula is C12H16N2O3S. The summed E-state index contributed by atoms with van der Waals surface area (Å²) in [5, 5.41) is 0. The summed E-state index contributed by atoms with van der Waals surface area (Å²) < 4.78 is 31.6. The van der Waals surface area contributed by atoms with E-state index in [9.17, 15) is 8.42 Å². The van der Waals surface area contributed by atoms with Crippen LogP contribution in [-0.2, 0) is 14.8 Å². The Hall–Kier alpha value is -1.40. The minimum absolute atomic E-state index is 0.105. The smallest absolute Gasteiger partial charge is 0.241 e. The average Bonchev–Trinajstić information content (AvgIpc) is 2.86. The van der Waals surface area contributed by atoms with Crippen molar-refractivity contribution in [2.75, 3.05) is 13.2 Å². The maximum Gasteiger partial charge on any atom is 0.241 e. The fourth-order valence-corrected chi connectivity index (χ4v) is 2.61. The molecule has 1 aromatic rings. The van der Waals surface area contributed by atoms with Crippen LogP contribution in [0.25, 0.3) is 0 Å². The van der Waals surface area contributed by atoms with E-state index in [-0.39, 0.29) is 17.5 Å². The first-order valence-electron chi connectivity index (χ1n) is 5.86. The second-order valence-corrected chi connectivity index (χ2v) is 5.80. The third-order valence-electron chi connectivity index (χ3n) is 2.71. The average molecular weight is 268 g/mol. The Morgan fingerprint density at radius 3 is 2.72 bits per heavy atom. The lowest BCUT2D eigenvalue weighted by molar-refractivity contribution is 0.309. The van der Waals surface area contributed by atoms with Crippen LogP contribution >= 0.6 is 0 Å². The molecule has 1 aromatic carbocycles. The van der Waals surface area contributed by atoms with Crippen molar-refractivity contribution in [3.63, 3.8) is 0 Å². The normalized spacial score (nSPS) is 19.4. The Labute approximate surface area is 107 Å². The van der Waals surface area contributed by atoms with E-state index in [1.165, 1.54) is 0 Å². The topological polar surface area (TPSA) is 67.8 Å². The molecule has 0 aromatic heterocycles. The molecule has 0 amide bonds. The number of hydrogen-bond acceptors (Lipinski definition) is 4. The van der Waals surface area contributed by atoms with Crippen LogP contribution in [0.1, 0.15) is 13.3 Å². The van der Waals surface area contributed by atoms with E-state index in [1.807, 2.05) is 6.92 Å². The second kappa shape index (κ2) is 5.49. The Balaban J connectivity index is 1.99. The number of ether oxygens (including phenoxy) is 1. The van der Waals surface area contributed by atoms with Gasteiger partial charge in [-0.2, -0.15) is 0 Å². The number of benzene rings is 1. The van der Waals surface area contributed by atoms with Gasteiger partial charge in [0.05, 0.1) is 17.5 Å². The van der Waals surface area contributed by atoms with Gasteiger partial charge in [0.15, 0.2) is 5.90 Å². The van der Waals surface area contributed by atoms with E-state index in [2.05, 4.69) is 9.71 Å². The molecule has 1 aliphatic rings. The first kappa shape index (κ1) is 13.0. The van der Waals surface area contributed by atoms with E-state index >= 15 is 0 Å². The van der Waals surface area contributed by atoms with Gasteiger partial charge in [0.2, 0.25) is 10.0 Å². The number of aliphatic imine (C=N–C) groups is 1. The molecule has 1 aliphatic heterocycles. The lowest BCUT2D eigenvalue weighted by Gasteiger charge is -2.06. The molecule has 0 radical (unpaired) electrons. The molecule has 1 atom stereocenters. The summed E-state index contributed by atoms with van der Waals surface area (Å²) in [6, 6.07) is 8.40. The molecule has 1 unspecified atom stereocenters. The minimum atomic E-state index is -3.48. The van der Waals surface area contributed by atoms with Gasteiger partial charge in [0.25, 0.3) is 0 Å². The minimum Gasteiger partial charge on any atom is -0.478 e. The molecule has 18 heavy (non-hydrogen) atoms. The molecule has 1 heterocycles. The van der Waals surface area contributed by atoms with Crippen molar-refractivity contribution in [3.05, 3.63) is 30.3 Å². The maximum atomic E-state index is 11.9. The van der Waals surface area contributed by atoms with Crippen molar-refractivity contribution >= 4 is 15.9 Å². The predicted molar refractivity (Wildman–Crippen MR) is 69.1 cm³/mol. The molecule has 5 nitrogen and oxygen atoms in total. The van der Waals surface area contributed by atoms with Gasteiger partial charge in [0, 0.05) is 0 Å². The van der Waals surface area contributed by atoms with Crippen molar-refractivity contribution in [2.24, 2.45) is 4.99 Å². The quantitative estimate of drug-likeness (QED) is 0.871. The summed E-state index contributed by atoms with van der Waals surface area (Å²) in [6.07, 6.45) is 0.898. The monoisotopic (exact) mass is 268 g/mol. The van der Waals surface area contributed by atoms with Crippen molar-refractivity contribution in [2.45, 2.75) is 24.3 Å². The summed E-state index contributed by atoms with van der Waals surface area (Å²) in [7, 11) is -3.48. The van der Waals surface area contributed by atoms with E-state index < -0.39 is 10.0 Å². The van der Waals surface area contributed by atoms with Gasteiger partial charge >= 0.3 is 0 Å². The summed E-state index contributed by atoms with van der Waals surface area (Å²) in [4.78, 5) is 4.52. The fraction of sp³-hybridized carbons (Fsp3) is 0.417. The molecule has 0 fully saturated rings. The fourth-order valence-electron chi connectivity index (χ4n) is 1.62. The molecule has 0 spiro atoms. The number of rotatable bonds is 5. The van der Waals surface area contributed by atoms with E-state index in [1.54, 1.807) is 30.3 Å². The van der Waals surface area contributed by atoms with Crippen LogP contribution in [0.4, 0.5) is 0 Å². The highest BCUT2D eigenvalue weighted by Gasteiger charge is 2.19. The van der Waals surface area contributed by atoms with E-state index in [0.717, 1.165) is 6.42 Å². The molecule has 0 bridgehead atoms. The van der Waals surface area contributed by atoms with Crippen LogP contribution in [0.15, 0.2) is 40.2 Å². The summed E-state index contributed by atoms with van der Waals surface area (Å²) in [5.41, 5.74) is 0. The van der Waals surface area contributed by atoms with Crippen molar-refractivity contribution in [3.8, 4) is 0 Å². The highest BCUT2D eigenvalue weighted by Crippen LogP contribution is 2.09. The molecule has 1 N–H and O–H groups in total. The highest BCUT2D eigenvalue weighted by atomic mass is 32.2. The van der Waals surface area contributed by atoms with Crippen molar-refractivity contribution in [1.29, 1.82) is 0 Å². The molecule has 0 aliphatic carbocycles. The predicted octanol–water partition coefficient (Wildman–Crippen LogP) is 1.17. The largest absolute Gasteiger partial charge is 0.478 e. The Morgan fingerprint density at radius 2 is 2.11 bits per heavy atom. The van der Waals surface area contributed by atoms with Crippen molar-refractivity contribution in [1.82, 2.24) is 4.72 Å². The Bertz CT molecular complexity index is 526. The van der Waals surface area contributed by atoms with E-state index in [0.29, 0.717) is 12.5 Å². The van der Waals surface area contributed by atoms with Crippen molar-refractivity contribution < 1.29 is 13.2 Å². The number of nitrogens with zero attached hydrogens (tertiary/aromatic N) is 1. The molecular weight excluding hydrogens is 252 g/mol. The van der Waals surface area contributed by atoms with Crippen LogP contribution in [0.5, 0.6) is 0 Å². The number of sulfonamides is 1. The maximum absolute atomic E-state index is 11.9. The van der Waals surface area contributed by atoms with Crippen LogP contribution in [0, 0.1) is 0 Å². The summed E-state index contributed by atoms with van der Waals surface area (Å²) >= 11 is 0. The molecule has 0 saturated carbocycles. The standard InChI is InChI=1S/C12H16N2O3S/c1-2-10-9-17-12(14-10)8-13-18(15,16)11-6-4-3-5-7-11/h3-7,10,13H,2,8-9H2,1H3. The lowest BCUT2D eigenvalue weighted by atomic mass is 10.3. The van der Waals surface area contributed by atoms with E-state index in [4.69, 9.17) is 4.74 Å². The van der Waals surface area contributed by atoms with Gasteiger partial charge in [-0.1, -0.05) is 25.1 Å². The Kier molecular flexibility index (Phi) is 3.98. The zero-order valence-electron chi connectivity index (χ0n) is 10.2.